The number of nitrogens with zero attached hydrogens (tertiary/aromatic N) is 12. The maximum absolute atomic E-state index is 12.0. The fraction of sp³-hybridized carbons (Fsp3) is 0.111. The van der Waals surface area contributed by atoms with Gasteiger partial charge in [-0.25, -0.2) is 0 Å². The smallest absolute Gasteiger partial charge is 0.250 e. The van der Waals surface area contributed by atoms with Crippen LogP contribution in [0.1, 0.15) is 44.5 Å². The van der Waals surface area contributed by atoms with E-state index in [9.17, 15) is 20.4 Å². The van der Waals surface area contributed by atoms with E-state index >= 15 is 0 Å². The number of phenolic OH excluding ortho intramolecular Hbond substituents is 4. The van der Waals surface area contributed by atoms with Crippen LogP contribution in [0.25, 0.3) is 0 Å². The summed E-state index contributed by atoms with van der Waals surface area (Å²) in [5.41, 5.74) is 4.09. The molecular formula is C36H24N16O4S8. The van der Waals surface area contributed by atoms with Crippen LogP contribution in [0.5, 0.6) is 23.0 Å². The zero-order valence-corrected chi connectivity index (χ0v) is 38.4. The Hall–Kier alpha value is -6.40. The molecule has 4 heterocycles. The lowest BCUT2D eigenvalue weighted by atomic mass is 9.90. The predicted octanol–water partition coefficient (Wildman–Crippen LogP) is 12.9. The van der Waals surface area contributed by atoms with Crippen molar-refractivity contribution in [1.82, 2.24) is 40.8 Å². The largest absolute Gasteiger partial charge is 0.507 e. The second kappa shape index (κ2) is 18.4. The fourth-order valence-electron chi connectivity index (χ4n) is 6.56. The lowest BCUT2D eigenvalue weighted by Gasteiger charge is -2.18. The summed E-state index contributed by atoms with van der Waals surface area (Å²) in [4.78, 5) is 0. The van der Waals surface area contributed by atoms with Crippen LogP contribution in [-0.4, -0.2) is 61.2 Å². The van der Waals surface area contributed by atoms with E-state index < -0.39 is 0 Å². The van der Waals surface area contributed by atoms with Gasteiger partial charge in [0.25, 0.3) is 0 Å². The molecule has 8 bridgehead atoms. The molecule has 0 spiro atoms. The summed E-state index contributed by atoms with van der Waals surface area (Å²) in [6, 6.07) is 13.0. The molecule has 1 aliphatic rings. The summed E-state index contributed by atoms with van der Waals surface area (Å²) in [5, 5.41) is 111. The number of aromatic hydroxyl groups is 4. The molecule has 1 aliphatic carbocycles. The first-order valence-electron chi connectivity index (χ1n) is 18.2. The highest BCUT2D eigenvalue weighted by Crippen LogP contribution is 2.43. The van der Waals surface area contributed by atoms with Gasteiger partial charge in [-0.2, -0.15) is 0 Å². The molecule has 4 aromatic carbocycles. The predicted molar refractivity (Wildman–Crippen MR) is 250 cm³/mol. The number of aromatic nitrogens is 8. The van der Waals surface area contributed by atoms with Gasteiger partial charge >= 0.3 is 0 Å². The van der Waals surface area contributed by atoms with Crippen LogP contribution in [0.15, 0.2) is 89.4 Å². The van der Waals surface area contributed by atoms with Crippen molar-refractivity contribution in [1.29, 1.82) is 0 Å². The van der Waals surface area contributed by atoms with E-state index in [2.05, 4.69) is 81.7 Å². The number of benzene rings is 4. The number of fused-ring (bicyclic) bond motifs is 8. The molecule has 20 nitrogen and oxygen atoms in total. The van der Waals surface area contributed by atoms with Gasteiger partial charge in [0.2, 0.25) is 20.5 Å². The summed E-state index contributed by atoms with van der Waals surface area (Å²) < 4.78 is 1.66. The van der Waals surface area contributed by atoms with Crippen molar-refractivity contribution in [2.45, 2.75) is 25.7 Å². The number of nitrogens with one attached hydrogen (secondary N) is 4. The SMILES string of the molecule is Oc1c2cc(N=Nc3n[nH]c(=S)s3)cc1Cc1cc(N=Nc3n[nH]c(=S)s3)cc(c1O)Cc1cc(N=Nc3n[nH]c(=S)s3)cc(c1O)Cc1cc(N=Nc3n[nH]c(=S)s3)cc(c1O)C2. The van der Waals surface area contributed by atoms with Gasteiger partial charge in [0.1, 0.15) is 23.0 Å². The molecule has 0 saturated heterocycles. The number of hydrogen-bond acceptors (Lipinski definition) is 24. The first kappa shape index (κ1) is 42.9. The van der Waals surface area contributed by atoms with E-state index in [4.69, 9.17) is 48.9 Å². The lowest BCUT2D eigenvalue weighted by molar-refractivity contribution is 0.450. The molecule has 0 atom stereocenters. The molecule has 28 heteroatoms. The van der Waals surface area contributed by atoms with Crippen LogP contribution < -0.4 is 0 Å². The number of azo groups is 4. The highest BCUT2D eigenvalue weighted by atomic mass is 32.2. The molecule has 0 saturated carbocycles. The van der Waals surface area contributed by atoms with Crippen LogP contribution in [0.4, 0.5) is 43.3 Å². The Balaban J connectivity index is 1.25. The number of phenols is 4. The number of hydrogen-bond donors (Lipinski definition) is 8. The Morgan fingerprint density at radius 3 is 0.688 bits per heavy atom. The minimum Gasteiger partial charge on any atom is -0.507 e. The molecule has 0 aliphatic heterocycles. The van der Waals surface area contributed by atoms with Crippen molar-refractivity contribution in [3.63, 3.8) is 0 Å². The highest BCUT2D eigenvalue weighted by Gasteiger charge is 2.22. The standard InChI is InChI=1S/C36H24N16O4S8/c53-25-13-1-14-6-22(38-42-30-46-50-34(58)62-30)8-16(26(14)54)3-18-10-24(40-44-32-48-52-36(60)64-32)12-20(28(18)56)4-19-11-23(39-43-31-47-51-35(59)63-31)9-17(27(19)55)2-15(25)7-21(5-13)37-41-29-45-49-33(57)61-29/h5-12,53-56H,1-4H2,(H,49,57)(H,50,58)(H,51,59)(H,52,60). The first-order chi connectivity index (χ1) is 30.9. The zero-order chi connectivity index (χ0) is 44.5. The average Bonchev–Trinajstić information content (AvgIpc) is 4.09. The van der Waals surface area contributed by atoms with Crippen molar-refractivity contribution in [2.24, 2.45) is 40.9 Å². The van der Waals surface area contributed by atoms with Gasteiger partial charge in [-0.3, -0.25) is 20.4 Å². The summed E-state index contributed by atoms with van der Waals surface area (Å²) in [5.74, 6) is -0.523. The molecule has 8 N–H and O–H groups in total. The second-order valence-corrected chi connectivity index (χ2v) is 20.1. The van der Waals surface area contributed by atoms with E-state index in [1.165, 1.54) is 0 Å². The molecule has 320 valence electrons. The number of aromatic amines is 4. The normalized spacial score (nSPS) is 13.0. The fourth-order valence-corrected chi connectivity index (χ4v) is 9.35. The minimum atomic E-state index is -0.131. The van der Waals surface area contributed by atoms with Gasteiger partial charge in [-0.1, -0.05) is 45.3 Å². The van der Waals surface area contributed by atoms with E-state index in [1.54, 1.807) is 48.5 Å². The third kappa shape index (κ3) is 9.87. The van der Waals surface area contributed by atoms with Crippen molar-refractivity contribution >= 4 is 137 Å². The van der Waals surface area contributed by atoms with Crippen molar-refractivity contribution in [2.75, 3.05) is 0 Å². The van der Waals surface area contributed by atoms with Gasteiger partial charge in [0, 0.05) is 70.2 Å². The van der Waals surface area contributed by atoms with Gasteiger partial charge in [0.05, 0.1) is 22.7 Å². The molecule has 0 radical (unpaired) electrons. The third-order valence-electron chi connectivity index (χ3n) is 9.25. The second-order valence-electron chi connectivity index (χ2n) is 13.5. The third-order valence-corrected chi connectivity index (χ3v) is 13.1. The average molecular weight is 1000 g/mol. The Labute approximate surface area is 394 Å². The molecule has 64 heavy (non-hydrogen) atoms. The van der Waals surface area contributed by atoms with Crippen LogP contribution >= 0.6 is 94.2 Å². The quantitative estimate of drug-likeness (QED) is 0.0521. The van der Waals surface area contributed by atoms with E-state index in [1.807, 2.05) is 0 Å². The van der Waals surface area contributed by atoms with Crippen molar-refractivity contribution in [3.8, 4) is 23.0 Å². The first-order valence-corrected chi connectivity index (χ1v) is 23.1. The number of rotatable bonds is 8. The molecule has 8 aromatic rings. The Bertz CT molecular complexity index is 2930. The Morgan fingerprint density at radius 2 is 0.531 bits per heavy atom. The molecule has 4 aromatic heterocycles. The summed E-state index contributed by atoms with van der Waals surface area (Å²) in [7, 11) is 0. The zero-order valence-electron chi connectivity index (χ0n) is 31.9. The number of H-pyrrole nitrogens is 4. The molecule has 9 rings (SSSR count). The van der Waals surface area contributed by atoms with Gasteiger partial charge in [-0.15, -0.1) is 61.3 Å². The monoisotopic (exact) mass is 1000 g/mol. The Kier molecular flexibility index (Phi) is 12.3. The van der Waals surface area contributed by atoms with Crippen LogP contribution in [0.2, 0.25) is 0 Å². The van der Waals surface area contributed by atoms with Crippen molar-refractivity contribution in [3.05, 3.63) is 109 Å². The summed E-state index contributed by atoms with van der Waals surface area (Å²) in [6.45, 7) is 0. The minimum absolute atomic E-state index is 0.0462. The van der Waals surface area contributed by atoms with E-state index in [0.717, 1.165) is 45.3 Å². The van der Waals surface area contributed by atoms with E-state index in [-0.39, 0.29) is 69.2 Å². The van der Waals surface area contributed by atoms with Gasteiger partial charge in [-0.05, 0) is 97.4 Å². The highest BCUT2D eigenvalue weighted by molar-refractivity contribution is 7.74. The summed E-state index contributed by atoms with van der Waals surface area (Å²) >= 11 is 25.2. The topological polar surface area (TPSA) is 295 Å². The van der Waals surface area contributed by atoms with E-state index in [0.29, 0.717) is 83.1 Å². The Morgan fingerprint density at radius 1 is 0.344 bits per heavy atom. The van der Waals surface area contributed by atoms with Crippen LogP contribution in [-0.2, 0) is 25.7 Å². The summed E-state index contributed by atoms with van der Waals surface area (Å²) in [6.07, 6.45) is -0.185. The molecule has 0 amide bonds. The maximum atomic E-state index is 12.0. The van der Waals surface area contributed by atoms with Crippen molar-refractivity contribution < 1.29 is 20.4 Å². The maximum Gasteiger partial charge on any atom is 0.250 e. The van der Waals surface area contributed by atoms with Crippen LogP contribution in [0.3, 0.4) is 0 Å². The van der Waals surface area contributed by atoms with Crippen LogP contribution in [0, 0.1) is 15.8 Å². The molecular weight excluding hydrogens is 977 g/mol. The van der Waals surface area contributed by atoms with Gasteiger partial charge < -0.3 is 20.4 Å². The van der Waals surface area contributed by atoms with Gasteiger partial charge in [0.15, 0.2) is 15.8 Å². The lowest BCUT2D eigenvalue weighted by Crippen LogP contribution is -2.01. The molecule has 0 unspecified atom stereocenters. The molecule has 0 fully saturated rings.